The molecule has 102 valence electrons. The van der Waals surface area contributed by atoms with Crippen molar-refractivity contribution in [3.8, 4) is 11.3 Å². The molecule has 0 unspecified atom stereocenters. The van der Waals surface area contributed by atoms with Gasteiger partial charge in [-0.05, 0) is 42.8 Å². The second-order valence-electron chi connectivity index (χ2n) is 4.56. The number of hydrogen-bond acceptors (Lipinski definition) is 2. The van der Waals surface area contributed by atoms with Crippen LogP contribution >= 0.6 is 0 Å². The molecule has 1 atom stereocenters. The molecule has 1 aromatic carbocycles. The second kappa shape index (κ2) is 6.50. The number of halogens is 1. The predicted molar refractivity (Wildman–Crippen MR) is 70.9 cm³/mol. The molecule has 0 aliphatic rings. The van der Waals surface area contributed by atoms with Crippen molar-refractivity contribution in [2.75, 3.05) is 6.61 Å². The fourth-order valence-corrected chi connectivity index (χ4v) is 1.91. The highest BCUT2D eigenvalue weighted by Crippen LogP contribution is 2.21. The standard InChI is InChI=1S/C15H18FNO2/c1-2-13(10-18)17-9-14-7-8-15(19-14)11-3-5-12(16)6-4-11/h3-8,13,17-18H,2,9-10H2,1H3/p+1/t13-/m0/s1. The van der Waals surface area contributed by atoms with Gasteiger partial charge in [0.25, 0.3) is 0 Å². The Kier molecular flexibility index (Phi) is 4.71. The van der Waals surface area contributed by atoms with Crippen LogP contribution in [0, 0.1) is 5.82 Å². The lowest BCUT2D eigenvalue weighted by molar-refractivity contribution is -0.707. The predicted octanol–water partition coefficient (Wildman–Crippen LogP) is 1.92. The highest BCUT2D eigenvalue weighted by Gasteiger charge is 2.10. The van der Waals surface area contributed by atoms with E-state index >= 15 is 0 Å². The number of hydrogen-bond donors (Lipinski definition) is 2. The van der Waals surface area contributed by atoms with Crippen molar-refractivity contribution in [2.24, 2.45) is 0 Å². The van der Waals surface area contributed by atoms with Gasteiger partial charge in [-0.15, -0.1) is 0 Å². The molecule has 0 aliphatic carbocycles. The van der Waals surface area contributed by atoms with E-state index < -0.39 is 0 Å². The average Bonchev–Trinajstić information content (AvgIpc) is 2.89. The van der Waals surface area contributed by atoms with E-state index in [-0.39, 0.29) is 18.5 Å². The molecule has 0 spiro atoms. The van der Waals surface area contributed by atoms with Gasteiger partial charge in [0.15, 0.2) is 5.76 Å². The first-order valence-electron chi connectivity index (χ1n) is 6.51. The van der Waals surface area contributed by atoms with Gasteiger partial charge in [0, 0.05) is 5.56 Å². The first kappa shape index (κ1) is 13.8. The van der Waals surface area contributed by atoms with Crippen LogP contribution in [-0.4, -0.2) is 17.8 Å². The maximum absolute atomic E-state index is 12.8. The van der Waals surface area contributed by atoms with Gasteiger partial charge in [0.05, 0.1) is 6.61 Å². The van der Waals surface area contributed by atoms with Crippen LogP contribution in [0.5, 0.6) is 0 Å². The molecule has 19 heavy (non-hydrogen) atoms. The molecular weight excluding hydrogens is 245 g/mol. The van der Waals surface area contributed by atoms with E-state index in [4.69, 9.17) is 9.52 Å². The van der Waals surface area contributed by atoms with Gasteiger partial charge in [-0.2, -0.15) is 0 Å². The molecule has 0 bridgehead atoms. The highest BCUT2D eigenvalue weighted by atomic mass is 19.1. The Balaban J connectivity index is 2.01. The lowest BCUT2D eigenvalue weighted by Crippen LogP contribution is -2.89. The van der Waals surface area contributed by atoms with Gasteiger partial charge >= 0.3 is 0 Å². The van der Waals surface area contributed by atoms with Gasteiger partial charge < -0.3 is 14.8 Å². The Morgan fingerprint density at radius 3 is 2.58 bits per heavy atom. The molecule has 3 nitrogen and oxygen atoms in total. The third-order valence-corrected chi connectivity index (χ3v) is 3.20. The Bertz CT molecular complexity index is 503. The van der Waals surface area contributed by atoms with Crippen LogP contribution < -0.4 is 5.32 Å². The number of rotatable bonds is 6. The van der Waals surface area contributed by atoms with Crippen LogP contribution in [0.3, 0.4) is 0 Å². The maximum Gasteiger partial charge on any atom is 0.158 e. The summed E-state index contributed by atoms with van der Waals surface area (Å²) in [6.07, 6.45) is 0.919. The number of furan rings is 1. The Morgan fingerprint density at radius 1 is 1.21 bits per heavy atom. The first-order chi connectivity index (χ1) is 9.22. The fourth-order valence-electron chi connectivity index (χ4n) is 1.91. The number of quaternary nitrogens is 1. The number of aliphatic hydroxyl groups is 1. The summed E-state index contributed by atoms with van der Waals surface area (Å²) in [6, 6.07) is 10.2. The number of nitrogens with two attached hydrogens (primary N) is 1. The largest absolute Gasteiger partial charge is 0.455 e. The van der Waals surface area contributed by atoms with Gasteiger partial charge in [-0.25, -0.2) is 4.39 Å². The van der Waals surface area contributed by atoms with E-state index in [0.29, 0.717) is 6.54 Å². The van der Waals surface area contributed by atoms with E-state index in [1.54, 1.807) is 12.1 Å². The van der Waals surface area contributed by atoms with Crippen LogP contribution in [0.15, 0.2) is 40.8 Å². The van der Waals surface area contributed by atoms with Gasteiger partial charge in [0.2, 0.25) is 0 Å². The van der Waals surface area contributed by atoms with Crippen molar-refractivity contribution < 1.29 is 19.2 Å². The molecule has 0 saturated carbocycles. The summed E-state index contributed by atoms with van der Waals surface area (Å²) in [5.41, 5.74) is 0.863. The van der Waals surface area contributed by atoms with Crippen molar-refractivity contribution in [1.29, 1.82) is 0 Å². The van der Waals surface area contributed by atoms with E-state index in [9.17, 15) is 4.39 Å². The lowest BCUT2D eigenvalue weighted by Gasteiger charge is -2.08. The van der Waals surface area contributed by atoms with E-state index in [1.165, 1.54) is 12.1 Å². The molecule has 1 aromatic heterocycles. The zero-order chi connectivity index (χ0) is 13.7. The Morgan fingerprint density at radius 2 is 1.95 bits per heavy atom. The summed E-state index contributed by atoms with van der Waals surface area (Å²) < 4.78 is 18.5. The Labute approximate surface area is 112 Å². The summed E-state index contributed by atoms with van der Waals surface area (Å²) >= 11 is 0. The lowest BCUT2D eigenvalue weighted by atomic mass is 10.2. The zero-order valence-corrected chi connectivity index (χ0v) is 11.0. The summed E-state index contributed by atoms with van der Waals surface area (Å²) in [4.78, 5) is 0. The van der Waals surface area contributed by atoms with E-state index in [0.717, 1.165) is 23.5 Å². The monoisotopic (exact) mass is 264 g/mol. The normalized spacial score (nSPS) is 12.6. The van der Waals surface area contributed by atoms with Gasteiger partial charge in [0.1, 0.15) is 24.2 Å². The van der Waals surface area contributed by atoms with Gasteiger partial charge in [-0.1, -0.05) is 6.92 Å². The molecule has 2 rings (SSSR count). The zero-order valence-electron chi connectivity index (χ0n) is 11.0. The maximum atomic E-state index is 12.8. The van der Waals surface area contributed by atoms with Crippen LogP contribution in [0.4, 0.5) is 4.39 Å². The topological polar surface area (TPSA) is 50.0 Å². The van der Waals surface area contributed by atoms with Gasteiger partial charge in [-0.3, -0.25) is 0 Å². The van der Waals surface area contributed by atoms with Crippen molar-refractivity contribution in [3.05, 3.63) is 48.0 Å². The fraction of sp³-hybridized carbons (Fsp3) is 0.333. The van der Waals surface area contributed by atoms with E-state index in [1.807, 2.05) is 19.1 Å². The minimum absolute atomic E-state index is 0.169. The third-order valence-electron chi connectivity index (χ3n) is 3.20. The SMILES string of the molecule is CC[C@@H](CO)[NH2+]Cc1ccc(-c2ccc(F)cc2)o1. The van der Waals surface area contributed by atoms with Crippen LogP contribution in [0.2, 0.25) is 0 Å². The molecular formula is C15H19FNO2+. The van der Waals surface area contributed by atoms with Crippen LogP contribution in [-0.2, 0) is 6.54 Å². The van der Waals surface area contributed by atoms with Crippen LogP contribution in [0.25, 0.3) is 11.3 Å². The molecule has 4 heteroatoms. The third kappa shape index (κ3) is 3.66. The number of benzene rings is 1. The second-order valence-corrected chi connectivity index (χ2v) is 4.56. The molecule has 0 aliphatic heterocycles. The molecule has 0 saturated heterocycles. The van der Waals surface area contributed by atoms with Crippen LogP contribution in [0.1, 0.15) is 19.1 Å². The van der Waals surface area contributed by atoms with Crippen molar-refractivity contribution >= 4 is 0 Å². The smallest absolute Gasteiger partial charge is 0.158 e. The average molecular weight is 264 g/mol. The van der Waals surface area contributed by atoms with Crippen molar-refractivity contribution in [2.45, 2.75) is 25.9 Å². The minimum Gasteiger partial charge on any atom is -0.455 e. The number of aliphatic hydroxyl groups excluding tert-OH is 1. The summed E-state index contributed by atoms with van der Waals surface area (Å²) in [7, 11) is 0. The minimum atomic E-state index is -0.252. The van der Waals surface area contributed by atoms with Crippen molar-refractivity contribution in [1.82, 2.24) is 0 Å². The molecule has 0 amide bonds. The Hall–Kier alpha value is -1.65. The summed E-state index contributed by atoms with van der Waals surface area (Å²) in [5.74, 6) is 1.34. The molecule has 2 aromatic rings. The molecule has 1 heterocycles. The summed E-state index contributed by atoms with van der Waals surface area (Å²) in [5, 5.41) is 11.2. The summed E-state index contributed by atoms with van der Waals surface area (Å²) in [6.45, 7) is 2.91. The molecule has 0 radical (unpaired) electrons. The van der Waals surface area contributed by atoms with Crippen molar-refractivity contribution in [3.63, 3.8) is 0 Å². The van der Waals surface area contributed by atoms with E-state index in [2.05, 4.69) is 5.32 Å². The molecule has 0 fully saturated rings. The molecule has 3 N–H and O–H groups in total. The highest BCUT2D eigenvalue weighted by molar-refractivity contribution is 5.57. The quantitative estimate of drug-likeness (QED) is 0.837. The first-order valence-corrected chi connectivity index (χ1v) is 6.51.